The number of thioether (sulfide) groups is 1. The minimum Gasteiger partial charge on any atom is -0.481 e. The lowest BCUT2D eigenvalue weighted by Gasteiger charge is -2.16. The van der Waals surface area contributed by atoms with Crippen molar-refractivity contribution in [3.05, 3.63) is 35.7 Å². The zero-order valence-corrected chi connectivity index (χ0v) is 23.3. The second-order valence-corrected chi connectivity index (χ2v) is 11.2. The molecule has 0 saturated carbocycles. The Hall–Kier alpha value is -1.99. The van der Waals surface area contributed by atoms with E-state index in [4.69, 9.17) is 9.94 Å². The number of carbonyl (C=O) groups excluding carboxylic acids is 1. The van der Waals surface area contributed by atoms with Gasteiger partial charge in [0.25, 0.3) is 5.91 Å². The van der Waals surface area contributed by atoms with Gasteiger partial charge in [-0.05, 0) is 49.4 Å². The van der Waals surface area contributed by atoms with Gasteiger partial charge in [0.15, 0.2) is 0 Å². The molecule has 1 aromatic rings. The van der Waals surface area contributed by atoms with Gasteiger partial charge in [-0.1, -0.05) is 76.7 Å². The SMILES string of the molecule is CC#CCOc1ccc(S(=O)(=O)NC(CSC=CCCCCCCCCCCCC)C(=O)NO)cc1. The third-order valence-corrected chi connectivity index (χ3v) is 7.92. The first kappa shape index (κ1) is 32.0. The Morgan fingerprint density at radius 3 is 2.25 bits per heavy atom. The van der Waals surface area contributed by atoms with Crippen molar-refractivity contribution in [2.45, 2.75) is 95.4 Å². The summed E-state index contributed by atoms with van der Waals surface area (Å²) < 4.78 is 33.2. The van der Waals surface area contributed by atoms with Crippen molar-refractivity contribution < 1.29 is 23.2 Å². The molecule has 0 aromatic heterocycles. The Morgan fingerprint density at radius 2 is 1.67 bits per heavy atom. The minimum absolute atomic E-state index is 0.00586. The number of sulfonamides is 1. The van der Waals surface area contributed by atoms with Crippen LogP contribution in [0.1, 0.15) is 84.5 Å². The van der Waals surface area contributed by atoms with E-state index in [1.807, 2.05) is 11.5 Å². The lowest BCUT2D eigenvalue weighted by Crippen LogP contribution is -2.47. The molecular formula is C27H42N2O5S2. The lowest BCUT2D eigenvalue weighted by molar-refractivity contribution is -0.130. The van der Waals surface area contributed by atoms with Crippen LogP contribution in [0, 0.1) is 11.8 Å². The van der Waals surface area contributed by atoms with Gasteiger partial charge in [-0.3, -0.25) is 10.0 Å². The number of ether oxygens (including phenoxy) is 1. The molecule has 0 radical (unpaired) electrons. The number of hydroxylamine groups is 1. The van der Waals surface area contributed by atoms with Crippen LogP contribution in [0.15, 0.2) is 40.6 Å². The van der Waals surface area contributed by atoms with Gasteiger partial charge in [0.1, 0.15) is 18.4 Å². The molecule has 1 unspecified atom stereocenters. The predicted octanol–water partition coefficient (Wildman–Crippen LogP) is 5.80. The molecule has 1 amide bonds. The van der Waals surface area contributed by atoms with Crippen LogP contribution in [0.2, 0.25) is 0 Å². The van der Waals surface area contributed by atoms with Crippen molar-refractivity contribution in [2.24, 2.45) is 0 Å². The molecule has 0 bridgehead atoms. The van der Waals surface area contributed by atoms with Crippen LogP contribution in [0.5, 0.6) is 5.75 Å². The summed E-state index contributed by atoms with van der Waals surface area (Å²) in [6, 6.07) is 4.72. The van der Waals surface area contributed by atoms with E-state index in [0.29, 0.717) is 5.75 Å². The van der Waals surface area contributed by atoms with Gasteiger partial charge in [0, 0.05) is 5.75 Å². The van der Waals surface area contributed by atoms with Crippen LogP contribution < -0.4 is 14.9 Å². The highest BCUT2D eigenvalue weighted by Crippen LogP contribution is 2.17. The van der Waals surface area contributed by atoms with Gasteiger partial charge < -0.3 is 4.74 Å². The van der Waals surface area contributed by atoms with Crippen LogP contribution in [0.25, 0.3) is 0 Å². The fraction of sp³-hybridized carbons (Fsp3) is 0.593. The summed E-state index contributed by atoms with van der Waals surface area (Å²) >= 11 is 1.32. The van der Waals surface area contributed by atoms with Crippen LogP contribution in [0.3, 0.4) is 0 Å². The van der Waals surface area contributed by atoms with Crippen molar-refractivity contribution in [1.29, 1.82) is 0 Å². The molecule has 0 aliphatic carbocycles. The van der Waals surface area contributed by atoms with Gasteiger partial charge in [-0.2, -0.15) is 4.72 Å². The number of hydrogen-bond acceptors (Lipinski definition) is 6. The van der Waals surface area contributed by atoms with Crippen molar-refractivity contribution in [1.82, 2.24) is 10.2 Å². The maximum Gasteiger partial charge on any atom is 0.262 e. The summed E-state index contributed by atoms with van der Waals surface area (Å²) in [5.74, 6) is 5.30. The molecule has 9 heteroatoms. The molecule has 1 aromatic carbocycles. The molecule has 0 saturated heterocycles. The van der Waals surface area contributed by atoms with E-state index in [2.05, 4.69) is 23.5 Å². The quantitative estimate of drug-likeness (QED) is 0.0839. The van der Waals surface area contributed by atoms with E-state index in [9.17, 15) is 13.2 Å². The summed E-state index contributed by atoms with van der Waals surface area (Å²) in [4.78, 5) is 12.0. The number of amides is 1. The summed E-state index contributed by atoms with van der Waals surface area (Å²) in [5, 5.41) is 10.9. The molecule has 3 N–H and O–H groups in total. The highest BCUT2D eigenvalue weighted by molar-refractivity contribution is 8.02. The maximum absolute atomic E-state index is 12.7. The number of benzene rings is 1. The number of unbranched alkanes of at least 4 members (excludes halogenated alkanes) is 10. The van der Waals surface area contributed by atoms with Gasteiger partial charge in [-0.15, -0.1) is 17.7 Å². The Morgan fingerprint density at radius 1 is 1.06 bits per heavy atom. The first-order valence-corrected chi connectivity index (χ1v) is 15.3. The third kappa shape index (κ3) is 14.5. The average molecular weight is 539 g/mol. The van der Waals surface area contributed by atoms with Gasteiger partial charge >= 0.3 is 0 Å². The van der Waals surface area contributed by atoms with Crippen LogP contribution in [0.4, 0.5) is 0 Å². The largest absolute Gasteiger partial charge is 0.481 e. The van der Waals surface area contributed by atoms with Crippen LogP contribution in [-0.2, 0) is 14.8 Å². The highest BCUT2D eigenvalue weighted by Gasteiger charge is 2.25. The minimum atomic E-state index is -3.97. The molecule has 7 nitrogen and oxygen atoms in total. The fourth-order valence-corrected chi connectivity index (χ4v) is 5.55. The zero-order valence-electron chi connectivity index (χ0n) is 21.6. The maximum atomic E-state index is 12.7. The molecular weight excluding hydrogens is 496 g/mol. The molecule has 0 aliphatic rings. The Bertz CT molecular complexity index is 922. The normalized spacial score (nSPS) is 12.2. The third-order valence-electron chi connectivity index (χ3n) is 5.53. The number of rotatable bonds is 20. The average Bonchev–Trinajstić information content (AvgIpc) is 2.88. The molecule has 1 rings (SSSR count). The first-order chi connectivity index (χ1) is 17.4. The highest BCUT2D eigenvalue weighted by atomic mass is 32.2. The van der Waals surface area contributed by atoms with Crippen LogP contribution >= 0.6 is 11.8 Å². The molecule has 0 spiro atoms. The molecule has 0 fully saturated rings. The molecule has 0 heterocycles. The van der Waals surface area contributed by atoms with E-state index in [1.54, 1.807) is 12.4 Å². The molecule has 36 heavy (non-hydrogen) atoms. The molecule has 0 aliphatic heterocycles. The van der Waals surface area contributed by atoms with E-state index in [1.165, 1.54) is 93.8 Å². The van der Waals surface area contributed by atoms with Crippen LogP contribution in [-0.4, -0.2) is 37.9 Å². The Labute approximate surface area is 221 Å². The smallest absolute Gasteiger partial charge is 0.262 e. The van der Waals surface area contributed by atoms with Gasteiger partial charge in [0.2, 0.25) is 10.0 Å². The Balaban J connectivity index is 2.38. The number of nitrogens with one attached hydrogen (secondary N) is 2. The topological polar surface area (TPSA) is 105 Å². The second kappa shape index (κ2) is 20.1. The summed E-state index contributed by atoms with van der Waals surface area (Å²) in [5.41, 5.74) is 1.54. The monoisotopic (exact) mass is 538 g/mol. The molecule has 202 valence electrons. The van der Waals surface area contributed by atoms with Crippen molar-refractivity contribution in [3.63, 3.8) is 0 Å². The van der Waals surface area contributed by atoms with Gasteiger partial charge in [-0.25, -0.2) is 13.9 Å². The van der Waals surface area contributed by atoms with E-state index in [-0.39, 0.29) is 17.3 Å². The Kier molecular flexibility index (Phi) is 17.9. The predicted molar refractivity (Wildman–Crippen MR) is 147 cm³/mol. The standard InChI is InChI=1S/C27H42N2O5S2/c1-3-5-7-8-9-10-11-12-13-14-15-16-22-35-23-26(27(30)28-31)29-36(32,33)25-19-17-24(18-20-25)34-21-6-4-2/h16-20,22,26,29,31H,3,5,7-15,21,23H2,1-2H3,(H,28,30). The number of allylic oxidation sites excluding steroid dienone is 1. The first-order valence-electron chi connectivity index (χ1n) is 12.8. The van der Waals surface area contributed by atoms with Crippen molar-refractivity contribution in [3.8, 4) is 17.6 Å². The van der Waals surface area contributed by atoms with Gasteiger partial charge in [0.05, 0.1) is 4.90 Å². The zero-order chi connectivity index (χ0) is 26.5. The summed E-state index contributed by atoms with van der Waals surface area (Å²) in [6.07, 6.45) is 15.9. The van der Waals surface area contributed by atoms with E-state index >= 15 is 0 Å². The van der Waals surface area contributed by atoms with Crippen molar-refractivity contribution in [2.75, 3.05) is 12.4 Å². The summed E-state index contributed by atoms with van der Waals surface area (Å²) in [7, 11) is -3.97. The van der Waals surface area contributed by atoms with E-state index in [0.717, 1.165) is 12.8 Å². The van der Waals surface area contributed by atoms with Crippen molar-refractivity contribution >= 4 is 27.7 Å². The second-order valence-electron chi connectivity index (χ2n) is 8.51. The summed E-state index contributed by atoms with van der Waals surface area (Å²) in [6.45, 7) is 4.15. The fourth-order valence-electron chi connectivity index (χ4n) is 3.44. The van der Waals surface area contributed by atoms with E-state index < -0.39 is 22.0 Å². The number of hydrogen-bond donors (Lipinski definition) is 3. The molecule has 1 atom stereocenters. The number of carbonyl (C=O) groups is 1. The lowest BCUT2D eigenvalue weighted by atomic mass is 10.1.